The number of carbonyl (C=O) groups is 1. The Morgan fingerprint density at radius 1 is 1.13 bits per heavy atom. The molecule has 3 N–H and O–H groups in total. The van der Waals surface area contributed by atoms with Gasteiger partial charge in [0.25, 0.3) is 0 Å². The average molecular weight is 441 g/mol. The lowest BCUT2D eigenvalue weighted by atomic mass is 10.1. The van der Waals surface area contributed by atoms with Gasteiger partial charge >= 0.3 is 6.03 Å². The molecular formula is C21H21ClN6OS. The molecule has 7 nitrogen and oxygen atoms in total. The maximum atomic E-state index is 12.3. The number of carbonyl (C=O) groups excluding carboxylic acids is 1. The molecule has 154 valence electrons. The Hall–Kier alpha value is -3.10. The molecule has 2 amide bonds. The molecule has 4 aromatic rings. The molecule has 4 rings (SSSR count). The second kappa shape index (κ2) is 7.97. The standard InChI is InChI=1S/C21H21ClN6OS/c1-11-5-7-14(8-6-11)15-10-17(30-19(15)22)24-21(29)26-25-16-9-12(2)18-13(3)27-28(4)20(18)23-16/h5-10H,1-4H3,(H,23,25)(H2,24,26,29). The van der Waals surface area contributed by atoms with E-state index in [1.807, 2.05) is 64.2 Å². The summed E-state index contributed by atoms with van der Waals surface area (Å²) in [6, 6.07) is 11.4. The van der Waals surface area contributed by atoms with E-state index >= 15 is 0 Å². The van der Waals surface area contributed by atoms with Crippen molar-refractivity contribution >= 4 is 50.8 Å². The first-order valence-corrected chi connectivity index (χ1v) is 10.5. The highest BCUT2D eigenvalue weighted by molar-refractivity contribution is 7.20. The second-order valence-corrected chi connectivity index (χ2v) is 8.75. The maximum Gasteiger partial charge on any atom is 0.338 e. The predicted octanol–water partition coefficient (Wildman–Crippen LogP) is 5.42. The number of benzene rings is 1. The van der Waals surface area contributed by atoms with Gasteiger partial charge in [-0.25, -0.2) is 9.78 Å². The first-order valence-electron chi connectivity index (χ1n) is 9.32. The fourth-order valence-corrected chi connectivity index (χ4v) is 4.56. The molecular weight excluding hydrogens is 420 g/mol. The molecule has 3 heterocycles. The highest BCUT2D eigenvalue weighted by Gasteiger charge is 2.13. The molecule has 0 unspecified atom stereocenters. The lowest BCUT2D eigenvalue weighted by Gasteiger charge is -2.09. The van der Waals surface area contributed by atoms with E-state index in [0.717, 1.165) is 33.4 Å². The van der Waals surface area contributed by atoms with Crippen LogP contribution in [0.4, 0.5) is 15.6 Å². The van der Waals surface area contributed by atoms with E-state index in [1.54, 1.807) is 4.68 Å². The van der Waals surface area contributed by atoms with E-state index < -0.39 is 6.03 Å². The Balaban J connectivity index is 1.44. The molecule has 0 atom stereocenters. The summed E-state index contributed by atoms with van der Waals surface area (Å²) < 4.78 is 2.35. The maximum absolute atomic E-state index is 12.3. The number of thiophene rings is 1. The van der Waals surface area contributed by atoms with Crippen molar-refractivity contribution in [2.45, 2.75) is 20.8 Å². The minimum atomic E-state index is -0.413. The van der Waals surface area contributed by atoms with Crippen molar-refractivity contribution in [2.75, 3.05) is 10.7 Å². The zero-order valence-corrected chi connectivity index (χ0v) is 18.6. The molecule has 0 saturated carbocycles. The van der Waals surface area contributed by atoms with E-state index in [9.17, 15) is 4.79 Å². The van der Waals surface area contributed by atoms with Crippen molar-refractivity contribution in [2.24, 2.45) is 7.05 Å². The number of halogens is 1. The number of fused-ring (bicyclic) bond motifs is 1. The van der Waals surface area contributed by atoms with Crippen LogP contribution >= 0.6 is 22.9 Å². The van der Waals surface area contributed by atoms with Crippen LogP contribution in [-0.2, 0) is 7.05 Å². The number of anilines is 2. The van der Waals surface area contributed by atoms with Crippen molar-refractivity contribution in [3.8, 4) is 11.1 Å². The van der Waals surface area contributed by atoms with Crippen LogP contribution in [0.5, 0.6) is 0 Å². The van der Waals surface area contributed by atoms with E-state index in [1.165, 1.54) is 16.9 Å². The Morgan fingerprint density at radius 3 is 2.60 bits per heavy atom. The number of hydrazine groups is 1. The van der Waals surface area contributed by atoms with Crippen LogP contribution in [0.3, 0.4) is 0 Å². The van der Waals surface area contributed by atoms with Crippen LogP contribution < -0.4 is 16.2 Å². The molecule has 0 saturated heterocycles. The number of amides is 2. The number of pyridine rings is 1. The van der Waals surface area contributed by atoms with Crippen LogP contribution in [0.1, 0.15) is 16.8 Å². The van der Waals surface area contributed by atoms with Crippen molar-refractivity contribution < 1.29 is 4.79 Å². The van der Waals surface area contributed by atoms with Crippen molar-refractivity contribution in [1.29, 1.82) is 0 Å². The van der Waals surface area contributed by atoms with E-state index in [2.05, 4.69) is 26.3 Å². The predicted molar refractivity (Wildman–Crippen MR) is 123 cm³/mol. The van der Waals surface area contributed by atoms with Crippen molar-refractivity contribution in [3.63, 3.8) is 0 Å². The zero-order chi connectivity index (χ0) is 21.4. The van der Waals surface area contributed by atoms with Gasteiger partial charge in [-0.3, -0.25) is 20.9 Å². The molecule has 0 aliphatic heterocycles. The van der Waals surface area contributed by atoms with E-state index in [0.29, 0.717) is 15.2 Å². The van der Waals surface area contributed by atoms with Crippen LogP contribution in [0.25, 0.3) is 22.2 Å². The molecule has 0 fully saturated rings. The summed E-state index contributed by atoms with van der Waals surface area (Å²) in [5.41, 5.74) is 11.2. The Labute approximate surface area is 183 Å². The second-order valence-electron chi connectivity index (χ2n) is 7.10. The Morgan fingerprint density at radius 2 is 1.87 bits per heavy atom. The SMILES string of the molecule is Cc1ccc(-c2cc(NC(=O)NNc3cc(C)c4c(C)nn(C)c4n3)sc2Cl)cc1. The number of urea groups is 1. The lowest BCUT2D eigenvalue weighted by molar-refractivity contribution is 0.254. The van der Waals surface area contributed by atoms with Gasteiger partial charge < -0.3 is 0 Å². The molecule has 0 aliphatic rings. The van der Waals surface area contributed by atoms with Crippen LogP contribution in [0.15, 0.2) is 36.4 Å². The minimum Gasteiger partial charge on any atom is -0.298 e. The quantitative estimate of drug-likeness (QED) is 0.370. The van der Waals surface area contributed by atoms with Gasteiger partial charge in [-0.15, -0.1) is 11.3 Å². The van der Waals surface area contributed by atoms with Crippen molar-refractivity contribution in [3.05, 3.63) is 57.6 Å². The normalized spacial score (nSPS) is 11.0. The largest absolute Gasteiger partial charge is 0.338 e. The summed E-state index contributed by atoms with van der Waals surface area (Å²) in [6.07, 6.45) is 0. The molecule has 0 radical (unpaired) electrons. The molecule has 9 heteroatoms. The topological polar surface area (TPSA) is 83.9 Å². The van der Waals surface area contributed by atoms with Gasteiger partial charge in [0.1, 0.15) is 10.2 Å². The first kappa shape index (κ1) is 20.2. The molecule has 0 aliphatic carbocycles. The first-order chi connectivity index (χ1) is 14.3. The summed E-state index contributed by atoms with van der Waals surface area (Å²) in [6.45, 7) is 5.98. The average Bonchev–Trinajstić information content (AvgIpc) is 3.20. The summed E-state index contributed by atoms with van der Waals surface area (Å²) in [5.74, 6) is 0.530. The lowest BCUT2D eigenvalue weighted by Crippen LogP contribution is -2.33. The Kier molecular flexibility index (Phi) is 5.36. The minimum absolute atomic E-state index is 0.413. The van der Waals surface area contributed by atoms with E-state index in [-0.39, 0.29) is 0 Å². The van der Waals surface area contributed by atoms with Gasteiger partial charge in [0.05, 0.1) is 10.7 Å². The molecule has 30 heavy (non-hydrogen) atoms. The third-order valence-corrected chi connectivity index (χ3v) is 6.03. The number of hydrogen-bond acceptors (Lipinski definition) is 5. The number of aromatic nitrogens is 3. The van der Waals surface area contributed by atoms with E-state index in [4.69, 9.17) is 11.6 Å². The fraction of sp³-hybridized carbons (Fsp3) is 0.190. The summed E-state index contributed by atoms with van der Waals surface area (Å²) in [5, 5.41) is 8.86. The van der Waals surface area contributed by atoms with Crippen molar-refractivity contribution in [1.82, 2.24) is 20.2 Å². The smallest absolute Gasteiger partial charge is 0.298 e. The third kappa shape index (κ3) is 3.96. The summed E-state index contributed by atoms with van der Waals surface area (Å²) in [4.78, 5) is 16.9. The summed E-state index contributed by atoms with van der Waals surface area (Å²) >= 11 is 7.69. The number of aryl methyl sites for hydroxylation is 4. The van der Waals surface area contributed by atoms with Crippen LogP contribution in [-0.4, -0.2) is 20.8 Å². The highest BCUT2D eigenvalue weighted by Crippen LogP contribution is 2.38. The van der Waals surface area contributed by atoms with Crippen LogP contribution in [0, 0.1) is 20.8 Å². The summed E-state index contributed by atoms with van der Waals surface area (Å²) in [7, 11) is 1.85. The monoisotopic (exact) mass is 440 g/mol. The number of rotatable bonds is 4. The Bertz CT molecular complexity index is 1240. The van der Waals surface area contributed by atoms with Crippen LogP contribution in [0.2, 0.25) is 4.34 Å². The third-order valence-electron chi connectivity index (χ3n) is 4.76. The number of nitrogens with one attached hydrogen (secondary N) is 3. The van der Waals surface area contributed by atoms with Gasteiger partial charge in [-0.05, 0) is 44.0 Å². The van der Waals surface area contributed by atoms with Gasteiger partial charge in [-0.2, -0.15) is 5.10 Å². The van der Waals surface area contributed by atoms with Gasteiger partial charge in [0, 0.05) is 18.0 Å². The zero-order valence-electron chi connectivity index (χ0n) is 17.0. The highest BCUT2D eigenvalue weighted by atomic mass is 35.5. The van der Waals surface area contributed by atoms with Gasteiger partial charge in [0.2, 0.25) is 0 Å². The molecule has 3 aromatic heterocycles. The van der Waals surface area contributed by atoms with Gasteiger partial charge in [0.15, 0.2) is 5.65 Å². The molecule has 0 bridgehead atoms. The number of nitrogens with zero attached hydrogens (tertiary/aromatic N) is 3. The molecule has 0 spiro atoms. The van der Waals surface area contributed by atoms with Gasteiger partial charge in [-0.1, -0.05) is 41.4 Å². The number of hydrogen-bond donors (Lipinski definition) is 3. The molecule has 1 aromatic carbocycles. The fourth-order valence-electron chi connectivity index (χ4n) is 3.35.